The van der Waals surface area contributed by atoms with Gasteiger partial charge in [0.25, 0.3) is 0 Å². The third-order valence-electron chi connectivity index (χ3n) is 3.10. The minimum Gasteiger partial charge on any atom is -0.358 e. The van der Waals surface area contributed by atoms with E-state index in [0.29, 0.717) is 12.8 Å². The summed E-state index contributed by atoms with van der Waals surface area (Å²) < 4.78 is 36.4. The Morgan fingerprint density at radius 1 is 0.926 bits per heavy atom. The van der Waals surface area contributed by atoms with Crippen molar-refractivity contribution in [1.82, 2.24) is 0 Å². The average Bonchev–Trinajstić information content (AvgIpc) is 2.69. The van der Waals surface area contributed by atoms with Crippen LogP contribution in [0.25, 0.3) is 0 Å². The van der Waals surface area contributed by atoms with Crippen molar-refractivity contribution in [3.05, 3.63) is 33.8 Å². The van der Waals surface area contributed by atoms with Gasteiger partial charge in [-0.25, -0.2) is 0 Å². The van der Waals surface area contributed by atoms with Crippen molar-refractivity contribution in [3.8, 4) is 0 Å². The van der Waals surface area contributed by atoms with E-state index in [1.54, 1.807) is 0 Å². The van der Waals surface area contributed by atoms with E-state index >= 15 is 0 Å². The summed E-state index contributed by atoms with van der Waals surface area (Å²) in [4.78, 5) is 35.2. The summed E-state index contributed by atoms with van der Waals surface area (Å²) >= 11 is 0. The molecule has 1 atom stereocenters. The second-order valence-electron chi connectivity index (χ2n) is 4.27. The zero-order valence-corrected chi connectivity index (χ0v) is 17.2. The zero-order chi connectivity index (χ0) is 21.1. The smallest absolute Gasteiger partial charge is 0.358 e. The first-order valence-corrected chi connectivity index (χ1v) is 6.59. The quantitative estimate of drug-likeness (QED) is 0.150. The molecule has 0 saturated heterocycles. The third-order valence-corrected chi connectivity index (χ3v) is 3.10. The van der Waals surface area contributed by atoms with Crippen molar-refractivity contribution in [3.63, 3.8) is 0 Å². The van der Waals surface area contributed by atoms with Gasteiger partial charge in [-0.2, -0.15) is 0 Å². The van der Waals surface area contributed by atoms with Crippen LogP contribution < -0.4 is 0 Å². The molecule has 0 N–H and O–H groups in total. The van der Waals surface area contributed by atoms with Crippen LogP contribution in [0, 0.1) is 45.1 Å². The van der Waals surface area contributed by atoms with Crippen LogP contribution in [0.15, 0.2) is 0 Å². The number of ether oxygens (including phenoxy) is 3. The van der Waals surface area contributed by atoms with Gasteiger partial charge in [-0.05, 0) is 6.92 Å². The number of carbonyl (C=O) groups excluding carboxylic acids is 3. The van der Waals surface area contributed by atoms with Gasteiger partial charge in [0, 0.05) is 0 Å². The molecule has 0 heterocycles. The summed E-state index contributed by atoms with van der Waals surface area (Å²) in [6, 6.07) is 0. The van der Waals surface area contributed by atoms with Crippen LogP contribution in [0.1, 0.15) is 26.7 Å². The maximum absolute atomic E-state index is 11.9. The molecule has 1 unspecified atom stereocenters. The Labute approximate surface area is 171 Å². The van der Waals surface area contributed by atoms with Gasteiger partial charge < -0.3 is 21.6 Å². The summed E-state index contributed by atoms with van der Waals surface area (Å²) in [6.45, 7) is 16.8. The number of carbonyl (C=O) groups is 3. The second-order valence-corrected chi connectivity index (χ2v) is 4.27. The van der Waals surface area contributed by atoms with E-state index in [1.165, 1.54) is 34.7 Å². The molecule has 0 rings (SSSR count). The molecule has 0 saturated carbocycles. The molecule has 0 spiro atoms. The van der Waals surface area contributed by atoms with E-state index in [4.69, 9.17) is 14.0 Å². The average molecular weight is 428 g/mol. The molecular formula is C17H24FeO9. The summed E-state index contributed by atoms with van der Waals surface area (Å²) in [5.74, 6) is -2.72. The fraction of sp³-hybridized carbons (Fsp3) is 0.529. The number of hydrogen-bond donors (Lipinski definition) is 0. The van der Waals surface area contributed by atoms with Crippen molar-refractivity contribution in [2.24, 2.45) is 11.3 Å². The van der Waals surface area contributed by atoms with Gasteiger partial charge in [0.05, 0.1) is 21.3 Å². The van der Waals surface area contributed by atoms with E-state index in [2.05, 4.69) is 34.2 Å². The van der Waals surface area contributed by atoms with E-state index < -0.39 is 29.2 Å². The Morgan fingerprint density at radius 3 is 1.48 bits per heavy atom. The van der Waals surface area contributed by atoms with Crippen LogP contribution in [-0.2, 0) is 59.6 Å². The van der Waals surface area contributed by atoms with Crippen LogP contribution >= 0.6 is 0 Å². The Balaban J connectivity index is -0.000000124. The largest absolute Gasteiger partial charge is 2.00 e. The summed E-state index contributed by atoms with van der Waals surface area (Å²) in [6.07, 6.45) is 2.36. The summed E-state index contributed by atoms with van der Waals surface area (Å²) in [5.41, 5.74) is -1.56. The molecule has 0 aromatic heterocycles. The summed E-state index contributed by atoms with van der Waals surface area (Å²) in [7, 11) is 3.60. The fourth-order valence-corrected chi connectivity index (χ4v) is 1.89. The molecule has 0 aliphatic carbocycles. The van der Waals surface area contributed by atoms with E-state index in [-0.39, 0.29) is 24.5 Å². The molecule has 27 heavy (non-hydrogen) atoms. The number of methoxy groups -OCH3 is 3. The number of hydrogen-bond acceptors (Lipinski definition) is 6. The Morgan fingerprint density at radius 2 is 1.26 bits per heavy atom. The van der Waals surface area contributed by atoms with Crippen LogP contribution in [-0.4, -0.2) is 39.2 Å². The maximum atomic E-state index is 11.9. The van der Waals surface area contributed by atoms with Crippen molar-refractivity contribution in [2.45, 2.75) is 26.7 Å². The number of rotatable bonds is 7. The molecule has 154 valence electrons. The maximum Gasteiger partial charge on any atom is 2.00 e. The van der Waals surface area contributed by atoms with Gasteiger partial charge in [-0.1, -0.05) is 19.8 Å². The SMILES string of the molecule is CCCC([CH-]C(=O)OC)C(C)(C(=O)OC)C(=O)OC.[C-]#[O+].[C-]#[O+].[C-]#[O+].[CH3-].[Fe+2]. The monoisotopic (exact) mass is 428 g/mol. The van der Waals surface area contributed by atoms with Crippen molar-refractivity contribution < 1.29 is 59.6 Å². The van der Waals surface area contributed by atoms with Gasteiger partial charge in [0.2, 0.25) is 0 Å². The molecule has 0 aromatic rings. The zero-order valence-electron chi connectivity index (χ0n) is 16.1. The van der Waals surface area contributed by atoms with Crippen LogP contribution in [0.4, 0.5) is 0 Å². The molecule has 0 aliphatic heterocycles. The minimum atomic E-state index is -1.56. The van der Waals surface area contributed by atoms with Crippen molar-refractivity contribution in [2.75, 3.05) is 21.3 Å². The van der Waals surface area contributed by atoms with Gasteiger partial charge >= 0.3 is 62.9 Å². The molecule has 0 aliphatic rings. The molecule has 0 fully saturated rings. The van der Waals surface area contributed by atoms with Gasteiger partial charge in [0.15, 0.2) is 5.97 Å². The number of esters is 3. The predicted molar refractivity (Wildman–Crippen MR) is 85.1 cm³/mol. The first-order valence-electron chi connectivity index (χ1n) is 6.59. The fourth-order valence-electron chi connectivity index (χ4n) is 1.89. The molecule has 0 amide bonds. The van der Waals surface area contributed by atoms with E-state index in [9.17, 15) is 14.4 Å². The van der Waals surface area contributed by atoms with E-state index in [0.717, 1.165) is 0 Å². The molecule has 9 nitrogen and oxygen atoms in total. The van der Waals surface area contributed by atoms with Gasteiger partial charge in [-0.15, -0.1) is 5.92 Å². The summed E-state index contributed by atoms with van der Waals surface area (Å²) in [5, 5.41) is 0. The van der Waals surface area contributed by atoms with E-state index in [1.807, 2.05) is 6.92 Å². The molecule has 10 heteroatoms. The molecule has 0 aromatic carbocycles. The minimum absolute atomic E-state index is 0. The standard InChI is InChI=1S/C13H21O6.3CO.CH3.Fe/c1-6-7-9(8-10(14)17-3)13(2,11(15)18-4)12(16)19-5;3*1-2;;/h8-9H,6-7H2,1-5H3;;;;1H3;/q-1;;;;-1;+2. The van der Waals surface area contributed by atoms with Crippen LogP contribution in [0.2, 0.25) is 0 Å². The third kappa shape index (κ3) is 13.8. The molecule has 0 bridgehead atoms. The predicted octanol–water partition coefficient (Wildman–Crippen LogP) is 1.47. The van der Waals surface area contributed by atoms with Gasteiger partial charge in [-0.3, -0.25) is 20.8 Å². The Kier molecular flexibility index (Phi) is 38.8. The first kappa shape index (κ1) is 39.9. The normalized spacial score (nSPS) is 8.85. The van der Waals surface area contributed by atoms with Crippen LogP contribution in [0.5, 0.6) is 0 Å². The van der Waals surface area contributed by atoms with Gasteiger partial charge in [0.1, 0.15) is 5.41 Å². The Hall–Kier alpha value is -1.98. The molecule has 0 radical (unpaired) electrons. The first-order chi connectivity index (χ1) is 11.9. The van der Waals surface area contributed by atoms with Crippen LogP contribution in [0.3, 0.4) is 0 Å². The second kappa shape index (κ2) is 26.3. The topological polar surface area (TPSA) is 139 Å². The van der Waals surface area contributed by atoms with Crippen molar-refractivity contribution in [1.29, 1.82) is 0 Å². The van der Waals surface area contributed by atoms with Crippen molar-refractivity contribution >= 4 is 17.9 Å². The molecular weight excluding hydrogens is 404 g/mol. The Bertz CT molecular complexity index is 425.